The summed E-state index contributed by atoms with van der Waals surface area (Å²) in [5.74, 6) is -1.32. The average molecular weight is 353 g/mol. The van der Waals surface area contributed by atoms with Crippen molar-refractivity contribution in [3.63, 3.8) is 0 Å². The first kappa shape index (κ1) is 17.7. The average Bonchev–Trinajstić information content (AvgIpc) is 2.55. The van der Waals surface area contributed by atoms with E-state index in [9.17, 15) is 14.0 Å². The molecule has 1 aromatic heterocycles. The zero-order valence-electron chi connectivity index (χ0n) is 12.7. The number of nitrogens with one attached hydrogen (secondary N) is 1. The van der Waals surface area contributed by atoms with Crippen molar-refractivity contribution in [1.82, 2.24) is 4.98 Å². The van der Waals surface area contributed by atoms with Crippen LogP contribution >= 0.6 is 11.6 Å². The van der Waals surface area contributed by atoms with E-state index >= 15 is 0 Å². The quantitative estimate of drug-likeness (QED) is 0.809. The first-order valence-electron chi connectivity index (χ1n) is 6.94. The normalized spacial score (nSPS) is 11.5. The molecule has 8 heteroatoms. The van der Waals surface area contributed by atoms with E-state index in [1.807, 2.05) is 0 Å². The zero-order valence-corrected chi connectivity index (χ0v) is 13.4. The van der Waals surface area contributed by atoms with Gasteiger partial charge in [-0.25, -0.2) is 14.2 Å². The molecule has 2 aromatic rings. The van der Waals surface area contributed by atoms with E-state index in [1.54, 1.807) is 6.07 Å². The largest absolute Gasteiger partial charge is 0.482 e. The van der Waals surface area contributed by atoms with Gasteiger partial charge in [0, 0.05) is 12.3 Å². The van der Waals surface area contributed by atoms with Gasteiger partial charge in [0.1, 0.15) is 17.4 Å². The molecular weight excluding hydrogens is 339 g/mol. The highest BCUT2D eigenvalue weighted by Gasteiger charge is 2.18. The lowest BCUT2D eigenvalue weighted by molar-refractivity contribution is -0.155. The number of ether oxygens (including phenoxy) is 2. The molecule has 0 aliphatic heterocycles. The third-order valence-corrected chi connectivity index (χ3v) is 3.03. The number of rotatable bonds is 6. The van der Waals surface area contributed by atoms with Crippen molar-refractivity contribution in [3.05, 3.63) is 53.4 Å². The Labute approximate surface area is 142 Å². The fourth-order valence-corrected chi connectivity index (χ4v) is 1.77. The molecule has 0 saturated heterocycles. The summed E-state index contributed by atoms with van der Waals surface area (Å²) in [6.45, 7) is 0.964. The van der Waals surface area contributed by atoms with Crippen LogP contribution in [0.1, 0.15) is 6.92 Å². The predicted molar refractivity (Wildman–Crippen MR) is 85.3 cm³/mol. The van der Waals surface area contributed by atoms with E-state index in [4.69, 9.17) is 21.1 Å². The Bertz CT molecular complexity index is 724. The molecule has 1 atom stereocenters. The van der Waals surface area contributed by atoms with Gasteiger partial charge in [-0.05, 0) is 31.2 Å². The highest BCUT2D eigenvalue weighted by atomic mass is 35.5. The molecule has 0 spiro atoms. The van der Waals surface area contributed by atoms with Gasteiger partial charge in [-0.1, -0.05) is 17.7 Å². The van der Waals surface area contributed by atoms with Crippen LogP contribution in [-0.4, -0.2) is 29.6 Å². The number of benzene rings is 1. The summed E-state index contributed by atoms with van der Waals surface area (Å²) in [6.07, 6.45) is 0.326. The number of hydrogen-bond donors (Lipinski definition) is 1. The maximum atomic E-state index is 13.0. The Kier molecular flexibility index (Phi) is 6.08. The third-order valence-electron chi connectivity index (χ3n) is 2.81. The van der Waals surface area contributed by atoms with Gasteiger partial charge >= 0.3 is 5.97 Å². The highest BCUT2D eigenvalue weighted by Crippen LogP contribution is 2.12. The van der Waals surface area contributed by atoms with Crippen LogP contribution < -0.4 is 10.1 Å². The van der Waals surface area contributed by atoms with E-state index < -0.39 is 30.4 Å². The number of amides is 1. The lowest BCUT2D eigenvalue weighted by Gasteiger charge is -2.13. The number of carbonyl (C=O) groups excluding carboxylic acids is 2. The maximum absolute atomic E-state index is 13.0. The van der Waals surface area contributed by atoms with Crippen LogP contribution in [0.4, 0.5) is 10.2 Å². The molecule has 1 N–H and O–H groups in total. The maximum Gasteiger partial charge on any atom is 0.344 e. The Balaban J connectivity index is 1.80. The minimum absolute atomic E-state index is 0.189. The predicted octanol–water partition coefficient (Wildman–Crippen LogP) is 2.82. The first-order valence-corrected chi connectivity index (χ1v) is 7.32. The SMILES string of the molecule is C[C@@H](OC(=O)COc1cccc(F)c1)C(=O)Nc1ccc(Cl)cn1. The Morgan fingerprint density at radius 1 is 1.33 bits per heavy atom. The smallest absolute Gasteiger partial charge is 0.344 e. The monoisotopic (exact) mass is 352 g/mol. The van der Waals surface area contributed by atoms with E-state index in [-0.39, 0.29) is 11.6 Å². The van der Waals surface area contributed by atoms with Crippen LogP contribution in [0.25, 0.3) is 0 Å². The second-order valence-corrected chi connectivity index (χ2v) is 5.17. The van der Waals surface area contributed by atoms with Crippen molar-refractivity contribution >= 4 is 29.3 Å². The standard InChI is InChI=1S/C16H14ClFN2O4/c1-10(16(22)20-14-6-5-11(17)8-19-14)24-15(21)9-23-13-4-2-3-12(18)7-13/h2-8,10H,9H2,1H3,(H,19,20,22)/t10-/m1/s1. The molecule has 1 aromatic carbocycles. The summed E-state index contributed by atoms with van der Waals surface area (Å²) in [7, 11) is 0. The van der Waals surface area contributed by atoms with E-state index in [0.717, 1.165) is 6.07 Å². The molecule has 0 radical (unpaired) electrons. The van der Waals surface area contributed by atoms with Crippen LogP contribution in [0.15, 0.2) is 42.6 Å². The van der Waals surface area contributed by atoms with Crippen molar-refractivity contribution in [1.29, 1.82) is 0 Å². The number of hydrogen-bond acceptors (Lipinski definition) is 5. The Hall–Kier alpha value is -2.67. The number of esters is 1. The van der Waals surface area contributed by atoms with E-state index in [1.165, 1.54) is 37.4 Å². The van der Waals surface area contributed by atoms with Crippen molar-refractivity contribution < 1.29 is 23.5 Å². The molecule has 1 heterocycles. The summed E-state index contributed by atoms with van der Waals surface area (Å²) in [4.78, 5) is 27.5. The Morgan fingerprint density at radius 3 is 2.79 bits per heavy atom. The van der Waals surface area contributed by atoms with E-state index in [0.29, 0.717) is 5.02 Å². The van der Waals surface area contributed by atoms with Crippen molar-refractivity contribution in [2.75, 3.05) is 11.9 Å². The molecule has 0 aliphatic carbocycles. The van der Waals surface area contributed by atoms with Gasteiger partial charge in [0.25, 0.3) is 5.91 Å². The molecule has 0 saturated carbocycles. The van der Waals surface area contributed by atoms with Gasteiger partial charge < -0.3 is 14.8 Å². The molecule has 2 rings (SSSR count). The highest BCUT2D eigenvalue weighted by molar-refractivity contribution is 6.30. The van der Waals surface area contributed by atoms with Crippen molar-refractivity contribution in [2.24, 2.45) is 0 Å². The minimum Gasteiger partial charge on any atom is -0.482 e. The van der Waals surface area contributed by atoms with Crippen LogP contribution in [0.2, 0.25) is 5.02 Å². The van der Waals surface area contributed by atoms with Gasteiger partial charge in [-0.2, -0.15) is 0 Å². The van der Waals surface area contributed by atoms with Crippen LogP contribution in [0, 0.1) is 5.82 Å². The second kappa shape index (κ2) is 8.26. The summed E-state index contributed by atoms with van der Waals surface area (Å²) in [6, 6.07) is 8.41. The van der Waals surface area contributed by atoms with Crippen LogP contribution in [-0.2, 0) is 14.3 Å². The fourth-order valence-electron chi connectivity index (χ4n) is 1.66. The minimum atomic E-state index is -1.05. The van der Waals surface area contributed by atoms with Crippen molar-refractivity contribution in [3.8, 4) is 5.75 Å². The fraction of sp³-hybridized carbons (Fsp3) is 0.188. The van der Waals surface area contributed by atoms with Gasteiger partial charge in [-0.3, -0.25) is 4.79 Å². The van der Waals surface area contributed by atoms with Gasteiger partial charge in [0.2, 0.25) is 0 Å². The molecule has 1 amide bonds. The summed E-state index contributed by atoms with van der Waals surface area (Å²) in [5.41, 5.74) is 0. The number of pyridine rings is 1. The Morgan fingerprint density at radius 2 is 2.12 bits per heavy atom. The molecular formula is C16H14ClFN2O4. The molecule has 0 bridgehead atoms. The van der Waals surface area contributed by atoms with Gasteiger partial charge in [0.05, 0.1) is 5.02 Å². The molecule has 0 fully saturated rings. The number of aromatic nitrogens is 1. The third kappa shape index (κ3) is 5.51. The molecule has 126 valence electrons. The first-order chi connectivity index (χ1) is 11.4. The summed E-state index contributed by atoms with van der Waals surface area (Å²) in [5, 5.41) is 2.91. The zero-order chi connectivity index (χ0) is 17.5. The number of anilines is 1. The number of carbonyl (C=O) groups is 2. The topological polar surface area (TPSA) is 77.5 Å². The lowest BCUT2D eigenvalue weighted by atomic mass is 10.3. The van der Waals surface area contributed by atoms with Gasteiger partial charge in [-0.15, -0.1) is 0 Å². The second-order valence-electron chi connectivity index (χ2n) is 4.73. The molecule has 0 unspecified atom stereocenters. The lowest BCUT2D eigenvalue weighted by Crippen LogP contribution is -2.31. The molecule has 6 nitrogen and oxygen atoms in total. The van der Waals surface area contributed by atoms with E-state index in [2.05, 4.69) is 10.3 Å². The van der Waals surface area contributed by atoms with Crippen LogP contribution in [0.3, 0.4) is 0 Å². The molecule has 0 aliphatic rings. The molecule has 24 heavy (non-hydrogen) atoms. The number of nitrogens with zero attached hydrogens (tertiary/aromatic N) is 1. The number of halogens is 2. The summed E-state index contributed by atoms with van der Waals surface area (Å²) >= 11 is 5.69. The van der Waals surface area contributed by atoms with Crippen molar-refractivity contribution in [2.45, 2.75) is 13.0 Å². The summed E-state index contributed by atoms with van der Waals surface area (Å²) < 4.78 is 23.0. The van der Waals surface area contributed by atoms with Gasteiger partial charge in [0.15, 0.2) is 12.7 Å². The van der Waals surface area contributed by atoms with Crippen LogP contribution in [0.5, 0.6) is 5.75 Å².